The number of rotatable bonds is 4. The zero-order valence-electron chi connectivity index (χ0n) is 12.6. The van der Waals surface area contributed by atoms with Gasteiger partial charge in [-0.15, -0.1) is 0 Å². The van der Waals surface area contributed by atoms with E-state index >= 15 is 0 Å². The van der Waals surface area contributed by atoms with Crippen LogP contribution in [0.4, 0.5) is 0 Å². The van der Waals surface area contributed by atoms with Gasteiger partial charge >= 0.3 is 5.97 Å². The van der Waals surface area contributed by atoms with Gasteiger partial charge in [-0.3, -0.25) is 4.90 Å². The van der Waals surface area contributed by atoms with Crippen molar-refractivity contribution in [2.24, 2.45) is 0 Å². The Labute approximate surface area is 121 Å². The minimum Gasteiger partial charge on any atom is -0.465 e. The van der Waals surface area contributed by atoms with Gasteiger partial charge in [-0.1, -0.05) is 12.1 Å². The standard InChI is InChI=1S/C16H24N2O2/c1-16(17-2)8-10-18(11-9-16)12-13-4-6-14(7-5-13)15(19)20-3/h4-7,17H,8-12H2,1-3H3. The Balaban J connectivity index is 1.90. The van der Waals surface area contributed by atoms with Crippen molar-refractivity contribution >= 4 is 5.97 Å². The van der Waals surface area contributed by atoms with Crippen LogP contribution in [0.2, 0.25) is 0 Å². The van der Waals surface area contributed by atoms with Crippen LogP contribution >= 0.6 is 0 Å². The molecule has 0 radical (unpaired) electrons. The van der Waals surface area contributed by atoms with E-state index in [1.807, 2.05) is 31.3 Å². The molecule has 1 aromatic rings. The fraction of sp³-hybridized carbons (Fsp3) is 0.562. The van der Waals surface area contributed by atoms with Crippen LogP contribution < -0.4 is 5.32 Å². The highest BCUT2D eigenvalue weighted by Gasteiger charge is 2.27. The number of carbonyl (C=O) groups is 1. The summed E-state index contributed by atoms with van der Waals surface area (Å²) in [5.41, 5.74) is 2.13. The van der Waals surface area contributed by atoms with Gasteiger partial charge in [0.15, 0.2) is 0 Å². The van der Waals surface area contributed by atoms with E-state index in [1.54, 1.807) is 0 Å². The Morgan fingerprint density at radius 1 is 1.30 bits per heavy atom. The summed E-state index contributed by atoms with van der Waals surface area (Å²) in [4.78, 5) is 13.8. The molecule has 0 atom stereocenters. The van der Waals surface area contributed by atoms with Crippen LogP contribution in [0.3, 0.4) is 0 Å². The number of esters is 1. The third-order valence-electron chi connectivity index (χ3n) is 4.34. The Morgan fingerprint density at radius 2 is 1.90 bits per heavy atom. The molecule has 1 heterocycles. The first-order valence-corrected chi connectivity index (χ1v) is 7.15. The lowest BCUT2D eigenvalue weighted by atomic mass is 9.90. The minimum atomic E-state index is -0.278. The zero-order chi connectivity index (χ0) is 14.6. The Bertz CT molecular complexity index is 448. The lowest BCUT2D eigenvalue weighted by molar-refractivity contribution is 0.0600. The van der Waals surface area contributed by atoms with Gasteiger partial charge in [0.05, 0.1) is 12.7 Å². The lowest BCUT2D eigenvalue weighted by Gasteiger charge is -2.39. The average molecular weight is 276 g/mol. The monoisotopic (exact) mass is 276 g/mol. The number of benzene rings is 1. The maximum atomic E-state index is 11.4. The number of likely N-dealkylation sites (tertiary alicyclic amines) is 1. The van der Waals surface area contributed by atoms with Crippen LogP contribution in [0.5, 0.6) is 0 Å². The molecule has 0 spiro atoms. The van der Waals surface area contributed by atoms with Gasteiger partial charge < -0.3 is 10.1 Å². The summed E-state index contributed by atoms with van der Waals surface area (Å²) >= 11 is 0. The summed E-state index contributed by atoms with van der Waals surface area (Å²) < 4.78 is 4.71. The second kappa shape index (κ2) is 6.37. The molecule has 110 valence electrons. The van der Waals surface area contributed by atoms with Crippen LogP contribution in [0.25, 0.3) is 0 Å². The normalized spacial score (nSPS) is 18.8. The van der Waals surface area contributed by atoms with Gasteiger partial charge in [0, 0.05) is 25.2 Å². The molecule has 0 bridgehead atoms. The molecular weight excluding hydrogens is 252 g/mol. The first-order chi connectivity index (χ1) is 9.56. The van der Waals surface area contributed by atoms with Gasteiger partial charge in [-0.05, 0) is 44.5 Å². The van der Waals surface area contributed by atoms with E-state index in [1.165, 1.54) is 25.5 Å². The van der Waals surface area contributed by atoms with Crippen LogP contribution in [0, 0.1) is 0 Å². The van der Waals surface area contributed by atoms with Gasteiger partial charge in [0.1, 0.15) is 0 Å². The van der Waals surface area contributed by atoms with Crippen molar-refractivity contribution in [3.05, 3.63) is 35.4 Å². The summed E-state index contributed by atoms with van der Waals surface area (Å²) in [6.45, 7) is 5.45. The van der Waals surface area contributed by atoms with Crippen molar-refractivity contribution in [3.63, 3.8) is 0 Å². The van der Waals surface area contributed by atoms with E-state index in [0.717, 1.165) is 19.6 Å². The third-order valence-corrected chi connectivity index (χ3v) is 4.34. The highest BCUT2D eigenvalue weighted by Crippen LogP contribution is 2.22. The first-order valence-electron chi connectivity index (χ1n) is 7.15. The van der Waals surface area contributed by atoms with E-state index in [4.69, 9.17) is 4.74 Å². The second-order valence-electron chi connectivity index (χ2n) is 5.78. The molecule has 1 fully saturated rings. The van der Waals surface area contributed by atoms with Crippen molar-refractivity contribution in [2.45, 2.75) is 31.8 Å². The Kier molecular flexibility index (Phi) is 4.78. The molecule has 4 heteroatoms. The molecule has 0 amide bonds. The predicted octanol–water partition coefficient (Wildman–Crippen LogP) is 2.05. The maximum absolute atomic E-state index is 11.4. The van der Waals surface area contributed by atoms with E-state index in [2.05, 4.69) is 17.1 Å². The van der Waals surface area contributed by atoms with E-state index < -0.39 is 0 Å². The molecule has 1 aliphatic heterocycles. The Hall–Kier alpha value is -1.39. The number of nitrogens with one attached hydrogen (secondary N) is 1. The summed E-state index contributed by atoms with van der Waals surface area (Å²) in [5.74, 6) is -0.278. The molecular formula is C16H24N2O2. The number of carbonyl (C=O) groups excluding carboxylic acids is 1. The van der Waals surface area contributed by atoms with Crippen LogP contribution in [-0.4, -0.2) is 43.7 Å². The average Bonchev–Trinajstić information content (AvgIpc) is 2.50. The van der Waals surface area contributed by atoms with Gasteiger partial charge in [0.2, 0.25) is 0 Å². The van der Waals surface area contributed by atoms with Crippen molar-refractivity contribution in [2.75, 3.05) is 27.2 Å². The molecule has 1 saturated heterocycles. The quantitative estimate of drug-likeness (QED) is 0.855. The van der Waals surface area contributed by atoms with Crippen molar-refractivity contribution < 1.29 is 9.53 Å². The maximum Gasteiger partial charge on any atom is 0.337 e. The van der Waals surface area contributed by atoms with E-state index in [-0.39, 0.29) is 11.5 Å². The topological polar surface area (TPSA) is 41.6 Å². The summed E-state index contributed by atoms with van der Waals surface area (Å²) in [5, 5.41) is 3.41. The minimum absolute atomic E-state index is 0.278. The summed E-state index contributed by atoms with van der Waals surface area (Å²) in [6, 6.07) is 7.70. The van der Waals surface area contributed by atoms with E-state index in [0.29, 0.717) is 5.56 Å². The van der Waals surface area contributed by atoms with Gasteiger partial charge in [-0.2, -0.15) is 0 Å². The predicted molar refractivity (Wildman–Crippen MR) is 79.8 cm³/mol. The van der Waals surface area contributed by atoms with E-state index in [9.17, 15) is 4.79 Å². The smallest absolute Gasteiger partial charge is 0.337 e. The molecule has 0 aromatic heterocycles. The van der Waals surface area contributed by atoms with Crippen LogP contribution in [-0.2, 0) is 11.3 Å². The number of hydrogen-bond donors (Lipinski definition) is 1. The SMILES string of the molecule is CNC1(C)CCN(Cc2ccc(C(=O)OC)cc2)CC1. The van der Waals surface area contributed by atoms with Crippen molar-refractivity contribution in [1.29, 1.82) is 0 Å². The third kappa shape index (κ3) is 3.58. The first kappa shape index (κ1) is 15.0. The molecule has 2 rings (SSSR count). The lowest BCUT2D eigenvalue weighted by Crippen LogP contribution is -2.49. The number of ether oxygens (including phenoxy) is 1. The number of methoxy groups -OCH3 is 1. The molecule has 1 aromatic carbocycles. The van der Waals surface area contributed by atoms with Crippen LogP contribution in [0.15, 0.2) is 24.3 Å². The zero-order valence-corrected chi connectivity index (χ0v) is 12.6. The molecule has 0 unspecified atom stereocenters. The van der Waals surface area contributed by atoms with Crippen molar-refractivity contribution in [1.82, 2.24) is 10.2 Å². The largest absolute Gasteiger partial charge is 0.465 e. The molecule has 0 aliphatic carbocycles. The molecule has 1 aliphatic rings. The fourth-order valence-corrected chi connectivity index (χ4v) is 2.58. The molecule has 1 N–H and O–H groups in total. The Morgan fingerprint density at radius 3 is 2.40 bits per heavy atom. The van der Waals surface area contributed by atoms with Gasteiger partial charge in [-0.25, -0.2) is 4.79 Å². The fourth-order valence-electron chi connectivity index (χ4n) is 2.58. The van der Waals surface area contributed by atoms with Gasteiger partial charge in [0.25, 0.3) is 0 Å². The van der Waals surface area contributed by atoms with Crippen LogP contribution in [0.1, 0.15) is 35.7 Å². The summed E-state index contributed by atoms with van der Waals surface area (Å²) in [6.07, 6.45) is 2.34. The molecule has 20 heavy (non-hydrogen) atoms. The number of nitrogens with zero attached hydrogens (tertiary/aromatic N) is 1. The number of hydrogen-bond acceptors (Lipinski definition) is 4. The van der Waals surface area contributed by atoms with Crippen molar-refractivity contribution in [3.8, 4) is 0 Å². The highest BCUT2D eigenvalue weighted by atomic mass is 16.5. The summed E-state index contributed by atoms with van der Waals surface area (Å²) in [7, 11) is 3.45. The molecule has 0 saturated carbocycles. The molecule has 4 nitrogen and oxygen atoms in total. The number of piperidine rings is 1. The highest BCUT2D eigenvalue weighted by molar-refractivity contribution is 5.89. The second-order valence-corrected chi connectivity index (χ2v) is 5.78.